The van der Waals surface area contributed by atoms with Crippen LogP contribution < -0.4 is 0 Å². The number of hydrogen-bond donors (Lipinski definition) is 1. The Labute approximate surface area is 131 Å². The molecule has 0 radical (unpaired) electrons. The molecule has 0 unspecified atom stereocenters. The van der Waals surface area contributed by atoms with Crippen molar-refractivity contribution in [2.45, 2.75) is 0 Å². The topological polar surface area (TPSA) is 37.3 Å². The van der Waals surface area contributed by atoms with Crippen LogP contribution in [-0.2, 0) is 4.79 Å². The predicted octanol–water partition coefficient (Wildman–Crippen LogP) is 4.88. The van der Waals surface area contributed by atoms with Crippen LogP contribution in [0.5, 0.6) is 0 Å². The van der Waals surface area contributed by atoms with Crippen LogP contribution in [0, 0.1) is 3.57 Å². The van der Waals surface area contributed by atoms with Crippen molar-refractivity contribution in [3.8, 4) is 10.4 Å². The van der Waals surface area contributed by atoms with Gasteiger partial charge in [-0.2, -0.15) is 0 Å². The number of thiophene rings is 1. The van der Waals surface area contributed by atoms with E-state index < -0.39 is 5.97 Å². The van der Waals surface area contributed by atoms with E-state index >= 15 is 0 Å². The highest BCUT2D eigenvalue weighted by Crippen LogP contribution is 2.32. The molecule has 5 heteroatoms. The fourth-order valence-electron chi connectivity index (χ4n) is 1.40. The first-order chi connectivity index (χ1) is 8.56. The SMILES string of the molecule is O=C(O)/C=C/c1ccc(-c2ccc(I)c(Br)c2)s1. The monoisotopic (exact) mass is 434 g/mol. The van der Waals surface area contributed by atoms with Gasteiger partial charge in [-0.25, -0.2) is 4.79 Å². The lowest BCUT2D eigenvalue weighted by Gasteiger charge is -2.00. The zero-order valence-electron chi connectivity index (χ0n) is 9.06. The van der Waals surface area contributed by atoms with Crippen LogP contribution in [0.1, 0.15) is 4.88 Å². The fourth-order valence-corrected chi connectivity index (χ4v) is 3.02. The highest BCUT2D eigenvalue weighted by atomic mass is 127. The van der Waals surface area contributed by atoms with Gasteiger partial charge in [0.2, 0.25) is 0 Å². The minimum absolute atomic E-state index is 0.929. The van der Waals surface area contributed by atoms with Gasteiger partial charge in [-0.15, -0.1) is 11.3 Å². The first kappa shape index (κ1) is 13.8. The van der Waals surface area contributed by atoms with Gasteiger partial charge in [-0.3, -0.25) is 0 Å². The molecule has 0 amide bonds. The number of benzene rings is 1. The maximum atomic E-state index is 10.4. The molecule has 1 aromatic heterocycles. The molecule has 18 heavy (non-hydrogen) atoms. The second kappa shape index (κ2) is 5.99. The molecule has 0 aliphatic heterocycles. The Bertz CT molecular complexity index is 619. The van der Waals surface area contributed by atoms with Crippen molar-refractivity contribution in [3.63, 3.8) is 0 Å². The molecule has 1 N–H and O–H groups in total. The summed E-state index contributed by atoms with van der Waals surface area (Å²) in [7, 11) is 0. The van der Waals surface area contributed by atoms with Gasteiger partial charge >= 0.3 is 5.97 Å². The summed E-state index contributed by atoms with van der Waals surface area (Å²) in [5.74, 6) is -0.929. The largest absolute Gasteiger partial charge is 0.478 e. The third-order valence-corrected chi connectivity index (χ3v) is 5.66. The summed E-state index contributed by atoms with van der Waals surface area (Å²) < 4.78 is 2.23. The summed E-state index contributed by atoms with van der Waals surface area (Å²) in [6.07, 6.45) is 2.76. The van der Waals surface area contributed by atoms with E-state index in [1.165, 1.54) is 3.57 Å². The lowest BCUT2D eigenvalue weighted by Crippen LogP contribution is -1.84. The molecule has 2 nitrogen and oxygen atoms in total. The smallest absolute Gasteiger partial charge is 0.328 e. The molecule has 1 aromatic carbocycles. The van der Waals surface area contributed by atoms with Crippen LogP contribution in [0.25, 0.3) is 16.5 Å². The quantitative estimate of drug-likeness (QED) is 0.552. The predicted molar refractivity (Wildman–Crippen MR) is 86.8 cm³/mol. The van der Waals surface area contributed by atoms with E-state index in [0.717, 1.165) is 25.9 Å². The van der Waals surface area contributed by atoms with Crippen molar-refractivity contribution >= 4 is 61.9 Å². The summed E-state index contributed by atoms with van der Waals surface area (Å²) >= 11 is 7.34. The van der Waals surface area contributed by atoms with Crippen LogP contribution in [0.4, 0.5) is 0 Å². The van der Waals surface area contributed by atoms with Crippen molar-refractivity contribution in [1.29, 1.82) is 0 Å². The van der Waals surface area contributed by atoms with E-state index in [1.807, 2.05) is 18.2 Å². The van der Waals surface area contributed by atoms with Crippen LogP contribution in [0.15, 0.2) is 40.9 Å². The van der Waals surface area contributed by atoms with E-state index in [4.69, 9.17) is 5.11 Å². The first-order valence-electron chi connectivity index (χ1n) is 5.02. The van der Waals surface area contributed by atoms with Gasteiger partial charge in [0.05, 0.1) is 0 Å². The molecule has 0 aliphatic rings. The molecule has 0 bridgehead atoms. The number of halogens is 2. The van der Waals surface area contributed by atoms with Crippen LogP contribution in [0.3, 0.4) is 0 Å². The maximum Gasteiger partial charge on any atom is 0.328 e. The van der Waals surface area contributed by atoms with Gasteiger partial charge in [0.1, 0.15) is 0 Å². The maximum absolute atomic E-state index is 10.4. The van der Waals surface area contributed by atoms with Crippen molar-refractivity contribution in [3.05, 3.63) is 49.3 Å². The normalized spacial score (nSPS) is 11.0. The first-order valence-corrected chi connectivity index (χ1v) is 7.71. The van der Waals surface area contributed by atoms with E-state index in [0.29, 0.717) is 0 Å². The zero-order valence-corrected chi connectivity index (χ0v) is 13.6. The Kier molecular flexibility index (Phi) is 4.58. The molecular formula is C13H8BrIO2S. The Hall–Kier alpha value is -0.660. The highest BCUT2D eigenvalue weighted by Gasteiger charge is 2.04. The van der Waals surface area contributed by atoms with Crippen LogP contribution >= 0.6 is 49.9 Å². The van der Waals surface area contributed by atoms with Crippen LogP contribution in [0.2, 0.25) is 0 Å². The number of aliphatic carboxylic acids is 1. The van der Waals surface area contributed by atoms with Crippen LogP contribution in [-0.4, -0.2) is 11.1 Å². The summed E-state index contributed by atoms with van der Waals surface area (Å²) in [6.45, 7) is 0. The Morgan fingerprint density at radius 1 is 1.33 bits per heavy atom. The molecular weight excluding hydrogens is 427 g/mol. The molecule has 0 aliphatic carbocycles. The van der Waals surface area contributed by atoms with Gasteiger partial charge in [0.25, 0.3) is 0 Å². The zero-order chi connectivity index (χ0) is 13.1. The summed E-state index contributed by atoms with van der Waals surface area (Å²) in [4.78, 5) is 12.5. The Morgan fingerprint density at radius 2 is 2.11 bits per heavy atom. The third kappa shape index (κ3) is 3.43. The number of carboxylic acid groups (broad SMARTS) is 1. The molecule has 2 rings (SSSR count). The van der Waals surface area contributed by atoms with Crippen molar-refractivity contribution in [2.24, 2.45) is 0 Å². The van der Waals surface area contributed by atoms with Gasteiger partial charge in [0.15, 0.2) is 0 Å². The van der Waals surface area contributed by atoms with Crippen molar-refractivity contribution < 1.29 is 9.90 Å². The molecule has 0 atom stereocenters. The Morgan fingerprint density at radius 3 is 2.78 bits per heavy atom. The lowest BCUT2D eigenvalue weighted by atomic mass is 10.2. The van der Waals surface area contributed by atoms with Gasteiger partial charge in [-0.05, 0) is 74.4 Å². The molecule has 2 aromatic rings. The number of carboxylic acids is 1. The van der Waals surface area contributed by atoms with E-state index in [1.54, 1.807) is 17.4 Å². The summed E-state index contributed by atoms with van der Waals surface area (Å²) in [5.41, 5.74) is 1.13. The highest BCUT2D eigenvalue weighted by molar-refractivity contribution is 14.1. The second-order valence-electron chi connectivity index (χ2n) is 3.50. The lowest BCUT2D eigenvalue weighted by molar-refractivity contribution is -0.131. The molecule has 0 spiro atoms. The number of rotatable bonds is 3. The van der Waals surface area contributed by atoms with Gasteiger partial charge in [0, 0.05) is 23.9 Å². The van der Waals surface area contributed by atoms with Crippen molar-refractivity contribution in [2.75, 3.05) is 0 Å². The van der Waals surface area contributed by atoms with E-state index in [2.05, 4.69) is 50.7 Å². The summed E-state index contributed by atoms with van der Waals surface area (Å²) in [6, 6.07) is 10.1. The van der Waals surface area contributed by atoms with Crippen molar-refractivity contribution in [1.82, 2.24) is 0 Å². The second-order valence-corrected chi connectivity index (χ2v) is 6.63. The van der Waals surface area contributed by atoms with E-state index in [9.17, 15) is 4.79 Å². The number of hydrogen-bond acceptors (Lipinski definition) is 2. The van der Waals surface area contributed by atoms with Gasteiger partial charge in [-0.1, -0.05) is 6.07 Å². The Balaban J connectivity index is 2.29. The molecule has 0 fully saturated rings. The third-order valence-electron chi connectivity index (χ3n) is 2.22. The van der Waals surface area contributed by atoms with Gasteiger partial charge < -0.3 is 5.11 Å². The molecule has 1 heterocycles. The minimum atomic E-state index is -0.929. The minimum Gasteiger partial charge on any atom is -0.478 e. The average Bonchev–Trinajstić information content (AvgIpc) is 2.79. The molecule has 92 valence electrons. The molecule has 0 saturated heterocycles. The molecule has 0 saturated carbocycles. The fraction of sp³-hybridized carbons (Fsp3) is 0. The van der Waals surface area contributed by atoms with E-state index in [-0.39, 0.29) is 0 Å². The number of carbonyl (C=O) groups is 1. The standard InChI is InChI=1S/C13H8BrIO2S/c14-10-7-8(1-4-11(10)15)12-5-2-9(18-12)3-6-13(16)17/h1-7H,(H,16,17)/b6-3+. The summed E-state index contributed by atoms with van der Waals surface area (Å²) in [5, 5.41) is 8.58. The average molecular weight is 435 g/mol.